The highest BCUT2D eigenvalue weighted by molar-refractivity contribution is 5.99. The minimum absolute atomic E-state index is 0.00225. The van der Waals surface area contributed by atoms with Crippen LogP contribution in [0, 0.1) is 5.92 Å². The molecule has 2 fully saturated rings. The number of fused-ring (bicyclic) bond motifs is 1. The Labute approximate surface area is 481 Å². The number of benzene rings is 2. The molecule has 0 spiro atoms. The van der Waals surface area contributed by atoms with Crippen LogP contribution in [0.1, 0.15) is 114 Å². The minimum Gasteiger partial charge on any atom is -0.370 e. The summed E-state index contributed by atoms with van der Waals surface area (Å²) in [5.74, 6) is -7.24. The lowest BCUT2D eigenvalue weighted by Crippen LogP contribution is -2.61. The summed E-state index contributed by atoms with van der Waals surface area (Å²) >= 11 is 0. The number of aromatic nitrogens is 3. The van der Waals surface area contributed by atoms with Crippen LogP contribution in [0.25, 0.3) is 10.9 Å². The first-order valence-electron chi connectivity index (χ1n) is 28.5. The smallest absolute Gasteiger partial charge is 0.243 e. The topological polar surface area (TPSA) is 414 Å². The zero-order valence-corrected chi connectivity index (χ0v) is 46.9. The van der Waals surface area contributed by atoms with Crippen LogP contribution in [0.15, 0.2) is 78.3 Å². The lowest BCUT2D eigenvalue weighted by Gasteiger charge is -2.29. The molecule has 2 aromatic heterocycles. The van der Waals surface area contributed by atoms with Gasteiger partial charge in [0, 0.05) is 81.2 Å². The molecule has 2 aromatic carbocycles. The van der Waals surface area contributed by atoms with E-state index in [1.807, 2.05) is 24.3 Å². The van der Waals surface area contributed by atoms with E-state index >= 15 is 0 Å². The molecule has 7 atom stereocenters. The van der Waals surface area contributed by atoms with Crippen molar-refractivity contribution in [1.82, 2.24) is 62.8 Å². The predicted octanol–water partition coefficient (Wildman–Crippen LogP) is -0.572. The van der Waals surface area contributed by atoms with E-state index in [4.69, 9.17) is 17.2 Å². The quantitative estimate of drug-likeness (QED) is 0.0380. The molecule has 2 aliphatic rings. The monoisotopic (exact) mass is 1150 g/mol. The molecule has 83 heavy (non-hydrogen) atoms. The number of para-hydroxylation sites is 1. The maximum Gasteiger partial charge on any atom is 0.243 e. The van der Waals surface area contributed by atoms with Crippen LogP contribution < -0.4 is 65.1 Å². The molecular formula is C57H80N16O10. The predicted molar refractivity (Wildman–Crippen MR) is 308 cm³/mol. The Morgan fingerprint density at radius 3 is 2.02 bits per heavy atom. The highest BCUT2D eigenvalue weighted by Crippen LogP contribution is 2.28. The van der Waals surface area contributed by atoms with E-state index < -0.39 is 108 Å². The molecule has 3 heterocycles. The van der Waals surface area contributed by atoms with Gasteiger partial charge in [-0.25, -0.2) is 4.98 Å². The van der Waals surface area contributed by atoms with Crippen molar-refractivity contribution in [3.63, 3.8) is 0 Å². The molecule has 26 heteroatoms. The van der Waals surface area contributed by atoms with Gasteiger partial charge in [-0.3, -0.25) is 52.9 Å². The second-order valence-corrected chi connectivity index (χ2v) is 21.2. The summed E-state index contributed by atoms with van der Waals surface area (Å²) in [6, 6.07) is 6.93. The van der Waals surface area contributed by atoms with Crippen molar-refractivity contribution in [2.45, 2.75) is 158 Å². The number of H-pyrrole nitrogens is 2. The average molecular weight is 1150 g/mol. The maximum atomic E-state index is 14.8. The SMILES string of the molecule is CC(=O)N[C@@H](CC1CCCCC1)C(=O)N[C@H]1CC(=O)NCCCC[C@@H](C(N)=O)NC(=O)CCCNC(=O)[C@H](Cc2c[nH]c3ccccc23)NC(=O)[C@H](CCCN=C(N)N)NC(=O)[C@@H](Cc2ccccc2)NC(=O)[C@H](Cc2cnc[nH]2)NC1=O. The molecule has 0 radical (unpaired) electrons. The van der Waals surface area contributed by atoms with E-state index in [9.17, 15) is 47.9 Å². The van der Waals surface area contributed by atoms with Gasteiger partial charge in [-0.2, -0.15) is 0 Å². The summed E-state index contributed by atoms with van der Waals surface area (Å²) in [5.41, 5.74) is 19.4. The lowest BCUT2D eigenvalue weighted by atomic mass is 9.84. The summed E-state index contributed by atoms with van der Waals surface area (Å²) < 4.78 is 0. The van der Waals surface area contributed by atoms with Crippen molar-refractivity contribution in [3.05, 3.63) is 90.1 Å². The molecule has 1 aliphatic heterocycles. The van der Waals surface area contributed by atoms with Crippen molar-refractivity contribution < 1.29 is 47.9 Å². The van der Waals surface area contributed by atoms with Crippen LogP contribution in [0.4, 0.5) is 0 Å². The van der Waals surface area contributed by atoms with Gasteiger partial charge in [-0.1, -0.05) is 80.6 Å². The third-order valence-electron chi connectivity index (χ3n) is 14.6. The Balaban J connectivity index is 1.35. The van der Waals surface area contributed by atoms with E-state index in [0.717, 1.165) is 43.0 Å². The first-order valence-corrected chi connectivity index (χ1v) is 28.5. The molecule has 1 aliphatic carbocycles. The Morgan fingerprint density at radius 2 is 1.33 bits per heavy atom. The Kier molecular flexibility index (Phi) is 24.9. The second kappa shape index (κ2) is 32.6. The van der Waals surface area contributed by atoms with Crippen LogP contribution in [0.5, 0.6) is 0 Å². The molecule has 17 N–H and O–H groups in total. The van der Waals surface area contributed by atoms with Crippen LogP contribution in [0.3, 0.4) is 0 Å². The Bertz CT molecular complexity index is 2870. The van der Waals surface area contributed by atoms with Crippen molar-refractivity contribution in [3.8, 4) is 0 Å². The highest BCUT2D eigenvalue weighted by atomic mass is 16.2. The number of hydrogen-bond acceptors (Lipinski definition) is 12. The number of nitrogens with two attached hydrogens (primary N) is 3. The van der Waals surface area contributed by atoms with E-state index in [1.165, 1.54) is 19.4 Å². The Hall–Kier alpha value is -8.84. The number of nitrogens with one attached hydrogen (secondary N) is 11. The molecule has 10 amide bonds. The van der Waals surface area contributed by atoms with Gasteiger partial charge in [0.25, 0.3) is 0 Å². The summed E-state index contributed by atoms with van der Waals surface area (Å²) in [6.07, 6.45) is 9.42. The molecule has 448 valence electrons. The van der Waals surface area contributed by atoms with Crippen LogP contribution in [0.2, 0.25) is 0 Å². The second-order valence-electron chi connectivity index (χ2n) is 21.2. The molecule has 6 rings (SSSR count). The minimum atomic E-state index is -1.60. The fraction of sp³-hybridized carbons (Fsp3) is 0.509. The third kappa shape index (κ3) is 21.2. The van der Waals surface area contributed by atoms with Gasteiger partial charge in [-0.05, 0) is 68.1 Å². The van der Waals surface area contributed by atoms with Gasteiger partial charge in [0.05, 0.1) is 12.7 Å². The molecular weight excluding hydrogens is 1070 g/mol. The highest BCUT2D eigenvalue weighted by Gasteiger charge is 2.36. The lowest BCUT2D eigenvalue weighted by molar-refractivity contribution is -0.136. The number of carbonyl (C=O) groups is 10. The van der Waals surface area contributed by atoms with E-state index in [2.05, 4.69) is 67.8 Å². The van der Waals surface area contributed by atoms with Crippen LogP contribution >= 0.6 is 0 Å². The standard InChI is InChI=1S/C57H80N16O10/c1-34(74)67-43(26-35-14-4-2-5-15-35)53(80)73-47-30-49(76)62-23-11-10-20-41(50(58)77)68-48(75)22-13-24-63-51(78)45(28-37-31-65-40-19-9-8-18-39(37)40)71-52(79)42(21-12-25-64-57(59)60)69-54(81)44(27-36-16-6-3-7-17-36)70-55(82)46(72-56(47)83)29-38-32-61-33-66-38/h3,6-9,16-19,31-33,35,41-47,65H,2,4-5,10-15,20-30H2,1H3,(H2,58,77)(H,61,66)(H,62,76)(H,63,78)(H,67,74)(H,68,75)(H,69,81)(H,70,82)(H,71,79)(H,72,83)(H,73,80)(H4,59,60,64)/t41-,42-,43-,44+,45-,46-,47-/m0/s1. The number of hydrogen-bond donors (Lipinski definition) is 14. The molecule has 1 saturated heterocycles. The molecule has 4 aromatic rings. The first kappa shape index (κ1) is 63.3. The van der Waals surface area contributed by atoms with E-state index in [0.29, 0.717) is 29.7 Å². The number of aromatic amines is 2. The molecule has 0 unspecified atom stereocenters. The molecule has 1 saturated carbocycles. The van der Waals surface area contributed by atoms with Crippen LogP contribution in [-0.2, 0) is 67.2 Å². The number of rotatable bonds is 16. The summed E-state index contributed by atoms with van der Waals surface area (Å²) in [5, 5.41) is 25.5. The first-order chi connectivity index (χ1) is 39.9. The van der Waals surface area contributed by atoms with Gasteiger partial charge in [0.2, 0.25) is 59.1 Å². The number of imidazole rings is 1. The number of amides is 10. The van der Waals surface area contributed by atoms with Crippen LogP contribution in [-0.4, -0.2) is 142 Å². The molecule has 26 nitrogen and oxygen atoms in total. The van der Waals surface area contributed by atoms with Crippen molar-refractivity contribution >= 4 is 75.9 Å². The number of guanidine groups is 1. The van der Waals surface area contributed by atoms with Gasteiger partial charge in [0.15, 0.2) is 5.96 Å². The third-order valence-corrected chi connectivity index (χ3v) is 14.6. The number of aliphatic imine (C=N–C) groups is 1. The maximum absolute atomic E-state index is 14.8. The van der Waals surface area contributed by atoms with Crippen molar-refractivity contribution in [2.24, 2.45) is 28.1 Å². The normalized spacial score (nSPS) is 22.3. The van der Waals surface area contributed by atoms with Crippen molar-refractivity contribution in [2.75, 3.05) is 19.6 Å². The number of primary amides is 1. The largest absolute Gasteiger partial charge is 0.370 e. The van der Waals surface area contributed by atoms with E-state index in [1.54, 1.807) is 36.5 Å². The summed E-state index contributed by atoms with van der Waals surface area (Å²) in [4.78, 5) is 153. The van der Waals surface area contributed by atoms with E-state index in [-0.39, 0.29) is 89.3 Å². The van der Waals surface area contributed by atoms with Gasteiger partial charge in [0.1, 0.15) is 42.3 Å². The summed E-state index contributed by atoms with van der Waals surface area (Å²) in [6.45, 7) is 1.39. The summed E-state index contributed by atoms with van der Waals surface area (Å²) in [7, 11) is 0. The van der Waals surface area contributed by atoms with Crippen molar-refractivity contribution in [1.29, 1.82) is 0 Å². The number of carbonyl (C=O) groups excluding carboxylic acids is 10. The molecule has 0 bridgehead atoms. The zero-order chi connectivity index (χ0) is 59.7. The van der Waals surface area contributed by atoms with Gasteiger partial charge in [-0.15, -0.1) is 0 Å². The Morgan fingerprint density at radius 1 is 0.675 bits per heavy atom. The fourth-order valence-electron chi connectivity index (χ4n) is 10.3. The average Bonchev–Trinajstić information content (AvgIpc) is 4.17. The number of nitrogens with zero attached hydrogens (tertiary/aromatic N) is 2. The fourth-order valence-corrected chi connectivity index (χ4v) is 10.3. The van der Waals surface area contributed by atoms with Gasteiger partial charge < -0.3 is 75.0 Å². The zero-order valence-electron chi connectivity index (χ0n) is 46.9. The van der Waals surface area contributed by atoms with Gasteiger partial charge >= 0.3 is 0 Å².